The lowest BCUT2D eigenvalue weighted by Gasteiger charge is -2.22. The Morgan fingerprint density at radius 2 is 2.39 bits per heavy atom. The third-order valence-electron chi connectivity index (χ3n) is 3.37. The van der Waals surface area contributed by atoms with E-state index in [1.54, 1.807) is 6.92 Å². The van der Waals surface area contributed by atoms with Gasteiger partial charge in [-0.2, -0.15) is 0 Å². The summed E-state index contributed by atoms with van der Waals surface area (Å²) in [4.78, 5) is 13.7. The van der Waals surface area contributed by atoms with Crippen LogP contribution in [0.15, 0.2) is 24.3 Å². The van der Waals surface area contributed by atoms with Crippen molar-refractivity contribution in [3.8, 4) is 0 Å². The smallest absolute Gasteiger partial charge is 0.146 e. The zero-order chi connectivity index (χ0) is 13.0. The molecule has 0 aliphatic carbocycles. The molecule has 1 aliphatic heterocycles. The van der Waals surface area contributed by atoms with Crippen molar-refractivity contribution in [1.82, 2.24) is 10.2 Å². The summed E-state index contributed by atoms with van der Waals surface area (Å²) in [5.74, 6) is 0.275. The second-order valence-electron chi connectivity index (χ2n) is 4.80. The van der Waals surface area contributed by atoms with Crippen molar-refractivity contribution < 1.29 is 4.79 Å². The van der Waals surface area contributed by atoms with Gasteiger partial charge in [0.05, 0.1) is 6.04 Å². The first kappa shape index (κ1) is 13.5. The van der Waals surface area contributed by atoms with Crippen LogP contribution in [0.25, 0.3) is 0 Å². The van der Waals surface area contributed by atoms with Gasteiger partial charge in [-0.3, -0.25) is 9.69 Å². The molecule has 4 heteroatoms. The molecule has 18 heavy (non-hydrogen) atoms. The van der Waals surface area contributed by atoms with Crippen LogP contribution in [0.5, 0.6) is 0 Å². The van der Waals surface area contributed by atoms with E-state index in [0.29, 0.717) is 0 Å². The van der Waals surface area contributed by atoms with E-state index in [4.69, 9.17) is 11.6 Å². The average Bonchev–Trinajstić information content (AvgIpc) is 2.77. The zero-order valence-corrected chi connectivity index (χ0v) is 11.4. The number of hydrogen-bond acceptors (Lipinski definition) is 3. The molecule has 1 heterocycles. The number of nitrogens with one attached hydrogen (secondary N) is 1. The molecule has 98 valence electrons. The lowest BCUT2D eigenvalue weighted by Crippen LogP contribution is -2.40. The predicted molar refractivity (Wildman–Crippen MR) is 73.6 cm³/mol. The van der Waals surface area contributed by atoms with Gasteiger partial charge in [0.2, 0.25) is 0 Å². The van der Waals surface area contributed by atoms with Gasteiger partial charge in [-0.15, -0.1) is 0 Å². The van der Waals surface area contributed by atoms with E-state index in [1.807, 2.05) is 24.3 Å². The molecule has 1 aromatic carbocycles. The lowest BCUT2D eigenvalue weighted by molar-refractivity contribution is -0.121. The van der Waals surface area contributed by atoms with Gasteiger partial charge in [0, 0.05) is 24.8 Å². The van der Waals surface area contributed by atoms with Gasteiger partial charge in [-0.05, 0) is 37.5 Å². The molecular weight excluding hydrogens is 248 g/mol. The Balaban J connectivity index is 1.80. The Labute approximate surface area is 113 Å². The topological polar surface area (TPSA) is 32.3 Å². The number of carbonyl (C=O) groups excluding carboxylic acids is 1. The van der Waals surface area contributed by atoms with Gasteiger partial charge in [-0.25, -0.2) is 0 Å². The summed E-state index contributed by atoms with van der Waals surface area (Å²) in [6.07, 6.45) is 2.11. The fourth-order valence-corrected chi connectivity index (χ4v) is 2.68. The van der Waals surface area contributed by atoms with Crippen LogP contribution in [0.1, 0.15) is 25.3 Å². The van der Waals surface area contributed by atoms with Crippen molar-refractivity contribution in [1.29, 1.82) is 0 Å². The summed E-state index contributed by atoms with van der Waals surface area (Å²) < 4.78 is 0. The normalized spacial score (nSPS) is 20.2. The highest BCUT2D eigenvalue weighted by molar-refractivity contribution is 6.30. The summed E-state index contributed by atoms with van der Waals surface area (Å²) in [5, 5.41) is 4.13. The Hall–Kier alpha value is -0.900. The third-order valence-corrected chi connectivity index (χ3v) is 3.60. The van der Waals surface area contributed by atoms with Gasteiger partial charge < -0.3 is 5.32 Å². The first-order valence-corrected chi connectivity index (χ1v) is 6.74. The van der Waals surface area contributed by atoms with E-state index in [0.717, 1.165) is 37.6 Å². The molecule has 1 saturated heterocycles. The Morgan fingerprint density at radius 1 is 1.56 bits per heavy atom. The first-order valence-electron chi connectivity index (χ1n) is 6.36. The summed E-state index contributed by atoms with van der Waals surface area (Å²) in [6, 6.07) is 7.94. The number of likely N-dealkylation sites (tertiary alicyclic amines) is 1. The summed E-state index contributed by atoms with van der Waals surface area (Å²) >= 11 is 5.93. The highest BCUT2D eigenvalue weighted by atomic mass is 35.5. The molecule has 1 atom stereocenters. The highest BCUT2D eigenvalue weighted by Gasteiger charge is 2.27. The molecule has 0 aromatic heterocycles. The van der Waals surface area contributed by atoms with Crippen molar-refractivity contribution in [2.75, 3.05) is 13.2 Å². The molecule has 1 fully saturated rings. The fraction of sp³-hybridized carbons (Fsp3) is 0.500. The highest BCUT2D eigenvalue weighted by Crippen LogP contribution is 2.17. The molecule has 0 radical (unpaired) electrons. The molecule has 1 unspecified atom stereocenters. The van der Waals surface area contributed by atoms with E-state index in [2.05, 4.69) is 10.2 Å². The maximum absolute atomic E-state index is 11.4. The molecule has 0 spiro atoms. The quantitative estimate of drug-likeness (QED) is 0.889. The summed E-state index contributed by atoms with van der Waals surface area (Å²) in [7, 11) is 0. The third kappa shape index (κ3) is 3.55. The number of nitrogens with zero attached hydrogens (tertiary/aromatic N) is 1. The van der Waals surface area contributed by atoms with Crippen molar-refractivity contribution in [3.05, 3.63) is 34.9 Å². The minimum absolute atomic E-state index is 0.108. The molecule has 1 N–H and O–H groups in total. The number of Topliss-reactive ketones (excluding diaryl/α,β-unsaturated/α-hetero) is 1. The van der Waals surface area contributed by atoms with Crippen LogP contribution in [0, 0.1) is 0 Å². The SMILES string of the molecule is CC(=O)C1CCCN1CNCc1cccc(Cl)c1. The van der Waals surface area contributed by atoms with Crippen LogP contribution in [0.3, 0.4) is 0 Å². The van der Waals surface area contributed by atoms with Gasteiger partial charge in [0.1, 0.15) is 5.78 Å². The predicted octanol–water partition coefficient (Wildman–Crippen LogP) is 2.44. The van der Waals surface area contributed by atoms with Crippen LogP contribution in [-0.4, -0.2) is 29.9 Å². The minimum Gasteiger partial charge on any atom is -0.300 e. The second-order valence-corrected chi connectivity index (χ2v) is 5.23. The van der Waals surface area contributed by atoms with Gasteiger partial charge in [-0.1, -0.05) is 23.7 Å². The molecule has 0 bridgehead atoms. The van der Waals surface area contributed by atoms with Crippen LogP contribution < -0.4 is 5.32 Å². The Morgan fingerprint density at radius 3 is 3.11 bits per heavy atom. The van der Waals surface area contributed by atoms with Crippen molar-refractivity contribution in [2.24, 2.45) is 0 Å². The molecule has 0 saturated carbocycles. The monoisotopic (exact) mass is 266 g/mol. The number of rotatable bonds is 5. The van der Waals surface area contributed by atoms with Crippen LogP contribution >= 0.6 is 11.6 Å². The number of ketones is 1. The molecule has 0 amide bonds. The van der Waals surface area contributed by atoms with Gasteiger partial charge in [0.15, 0.2) is 0 Å². The van der Waals surface area contributed by atoms with Crippen molar-refractivity contribution in [3.63, 3.8) is 0 Å². The second kappa shape index (κ2) is 6.32. The lowest BCUT2D eigenvalue weighted by atomic mass is 10.1. The van der Waals surface area contributed by atoms with E-state index >= 15 is 0 Å². The first-order chi connectivity index (χ1) is 8.66. The van der Waals surface area contributed by atoms with Crippen molar-refractivity contribution >= 4 is 17.4 Å². The van der Waals surface area contributed by atoms with Crippen LogP contribution in [-0.2, 0) is 11.3 Å². The zero-order valence-electron chi connectivity index (χ0n) is 10.7. The number of hydrogen-bond donors (Lipinski definition) is 1. The van der Waals surface area contributed by atoms with Crippen molar-refractivity contribution in [2.45, 2.75) is 32.4 Å². The summed E-state index contributed by atoms with van der Waals surface area (Å²) in [5.41, 5.74) is 1.17. The number of carbonyl (C=O) groups is 1. The maximum atomic E-state index is 11.4. The Bertz CT molecular complexity index is 422. The van der Waals surface area contributed by atoms with Crippen LogP contribution in [0.4, 0.5) is 0 Å². The van der Waals surface area contributed by atoms with Crippen LogP contribution in [0.2, 0.25) is 5.02 Å². The largest absolute Gasteiger partial charge is 0.300 e. The van der Waals surface area contributed by atoms with E-state index < -0.39 is 0 Å². The Kier molecular flexibility index (Phi) is 4.75. The molecule has 2 rings (SSSR count). The van der Waals surface area contributed by atoms with Gasteiger partial charge >= 0.3 is 0 Å². The minimum atomic E-state index is 0.108. The van der Waals surface area contributed by atoms with Gasteiger partial charge in [0.25, 0.3) is 0 Å². The average molecular weight is 267 g/mol. The molecule has 3 nitrogen and oxygen atoms in total. The molecule has 1 aromatic rings. The van der Waals surface area contributed by atoms with E-state index in [1.165, 1.54) is 5.56 Å². The fourth-order valence-electron chi connectivity index (χ4n) is 2.47. The molecular formula is C14H19ClN2O. The van der Waals surface area contributed by atoms with E-state index in [9.17, 15) is 4.79 Å². The number of benzene rings is 1. The van der Waals surface area contributed by atoms with E-state index in [-0.39, 0.29) is 11.8 Å². The maximum Gasteiger partial charge on any atom is 0.146 e. The number of halogens is 1. The molecule has 1 aliphatic rings. The summed E-state index contributed by atoms with van der Waals surface area (Å²) in [6.45, 7) is 4.23. The standard InChI is InChI=1S/C14H19ClN2O/c1-11(18)14-6-3-7-17(14)10-16-9-12-4-2-5-13(15)8-12/h2,4-5,8,14,16H,3,6-7,9-10H2,1H3.